The number of rotatable bonds is 4. The van der Waals surface area contributed by atoms with Gasteiger partial charge in [0.2, 0.25) is 6.79 Å². The highest BCUT2D eigenvalue weighted by molar-refractivity contribution is 5.47. The van der Waals surface area contributed by atoms with Crippen molar-refractivity contribution in [2.24, 2.45) is 5.73 Å². The maximum Gasteiger partial charge on any atom is 0.231 e. The molecule has 2 N–H and O–H groups in total. The third-order valence-corrected chi connectivity index (χ3v) is 3.73. The molecule has 20 heavy (non-hydrogen) atoms. The molecule has 0 amide bonds. The van der Waals surface area contributed by atoms with Gasteiger partial charge in [-0.3, -0.25) is 0 Å². The first-order valence-corrected chi connectivity index (χ1v) is 6.94. The Kier molecular flexibility index (Phi) is 3.61. The third kappa shape index (κ3) is 2.49. The summed E-state index contributed by atoms with van der Waals surface area (Å²) in [7, 11) is 0. The number of ether oxygens (including phenoxy) is 2. The van der Waals surface area contributed by atoms with Gasteiger partial charge in [0, 0.05) is 5.92 Å². The van der Waals surface area contributed by atoms with Gasteiger partial charge in [-0.25, -0.2) is 0 Å². The predicted octanol–water partition coefficient (Wildman–Crippen LogP) is 3.20. The van der Waals surface area contributed by atoms with Crippen molar-refractivity contribution in [2.45, 2.75) is 19.3 Å². The molecule has 0 spiro atoms. The molecule has 1 aliphatic rings. The van der Waals surface area contributed by atoms with E-state index in [0.717, 1.165) is 17.9 Å². The summed E-state index contributed by atoms with van der Waals surface area (Å²) in [5, 5.41) is 0. The van der Waals surface area contributed by atoms with Crippen LogP contribution in [0, 0.1) is 6.92 Å². The Morgan fingerprint density at radius 2 is 1.70 bits per heavy atom. The van der Waals surface area contributed by atoms with Crippen molar-refractivity contribution in [1.82, 2.24) is 0 Å². The standard InChI is InChI=1S/C17H19NO2/c1-12-2-4-13(5-3-12)15(8-9-18)14-6-7-16-17(10-14)20-11-19-16/h2-7,10,15H,8-9,11,18H2,1H3. The molecule has 0 aromatic heterocycles. The number of hydrogen-bond donors (Lipinski definition) is 1. The van der Waals surface area contributed by atoms with E-state index < -0.39 is 0 Å². The summed E-state index contributed by atoms with van der Waals surface area (Å²) in [6.45, 7) is 3.07. The zero-order chi connectivity index (χ0) is 13.9. The molecule has 0 aliphatic carbocycles. The topological polar surface area (TPSA) is 44.5 Å². The van der Waals surface area contributed by atoms with Gasteiger partial charge in [-0.15, -0.1) is 0 Å². The summed E-state index contributed by atoms with van der Waals surface area (Å²) in [4.78, 5) is 0. The van der Waals surface area contributed by atoms with Crippen LogP contribution in [0.4, 0.5) is 0 Å². The van der Waals surface area contributed by atoms with Gasteiger partial charge >= 0.3 is 0 Å². The normalized spacial score (nSPS) is 14.3. The van der Waals surface area contributed by atoms with Crippen LogP contribution < -0.4 is 15.2 Å². The van der Waals surface area contributed by atoms with Gasteiger partial charge in [0.1, 0.15) is 0 Å². The Hall–Kier alpha value is -2.00. The van der Waals surface area contributed by atoms with Crippen molar-refractivity contribution < 1.29 is 9.47 Å². The minimum atomic E-state index is 0.301. The second-order valence-corrected chi connectivity index (χ2v) is 5.15. The van der Waals surface area contributed by atoms with Crippen molar-refractivity contribution >= 4 is 0 Å². The second kappa shape index (κ2) is 5.55. The lowest BCUT2D eigenvalue weighted by Gasteiger charge is -2.18. The fraction of sp³-hybridized carbons (Fsp3) is 0.294. The van der Waals surface area contributed by atoms with Gasteiger partial charge in [0.05, 0.1) is 0 Å². The summed E-state index contributed by atoms with van der Waals surface area (Å²) in [5.41, 5.74) is 9.58. The monoisotopic (exact) mass is 269 g/mol. The van der Waals surface area contributed by atoms with Gasteiger partial charge in [0.25, 0.3) is 0 Å². The first-order chi connectivity index (χ1) is 9.78. The summed E-state index contributed by atoms with van der Waals surface area (Å²) in [5.74, 6) is 1.95. The quantitative estimate of drug-likeness (QED) is 0.927. The summed E-state index contributed by atoms with van der Waals surface area (Å²) in [6, 6.07) is 14.8. The molecule has 0 radical (unpaired) electrons. The number of fused-ring (bicyclic) bond motifs is 1. The number of hydrogen-bond acceptors (Lipinski definition) is 3. The molecule has 0 saturated carbocycles. The lowest BCUT2D eigenvalue weighted by Crippen LogP contribution is -2.09. The Balaban J connectivity index is 1.95. The molecular formula is C17H19NO2. The molecule has 1 unspecified atom stereocenters. The van der Waals surface area contributed by atoms with Gasteiger partial charge in [-0.05, 0) is 43.1 Å². The van der Waals surface area contributed by atoms with Crippen LogP contribution in [-0.2, 0) is 0 Å². The molecule has 0 saturated heterocycles. The first-order valence-electron chi connectivity index (χ1n) is 6.94. The molecule has 2 aromatic rings. The van der Waals surface area contributed by atoms with E-state index >= 15 is 0 Å². The predicted molar refractivity (Wildman–Crippen MR) is 79.3 cm³/mol. The zero-order valence-electron chi connectivity index (χ0n) is 11.6. The summed E-state index contributed by atoms with van der Waals surface area (Å²) < 4.78 is 10.8. The lowest BCUT2D eigenvalue weighted by atomic mass is 9.88. The summed E-state index contributed by atoms with van der Waals surface area (Å²) >= 11 is 0. The molecule has 1 atom stereocenters. The lowest BCUT2D eigenvalue weighted by molar-refractivity contribution is 0.174. The summed E-state index contributed by atoms with van der Waals surface area (Å²) in [6.07, 6.45) is 0.919. The van der Waals surface area contributed by atoms with E-state index in [2.05, 4.69) is 43.3 Å². The third-order valence-electron chi connectivity index (χ3n) is 3.73. The van der Waals surface area contributed by atoms with E-state index in [-0.39, 0.29) is 0 Å². The molecule has 3 nitrogen and oxygen atoms in total. The molecule has 3 rings (SSSR count). The van der Waals surface area contributed by atoms with Crippen LogP contribution >= 0.6 is 0 Å². The highest BCUT2D eigenvalue weighted by Crippen LogP contribution is 2.37. The van der Waals surface area contributed by atoms with Gasteiger partial charge in [0.15, 0.2) is 11.5 Å². The highest BCUT2D eigenvalue weighted by atomic mass is 16.7. The highest BCUT2D eigenvalue weighted by Gasteiger charge is 2.18. The zero-order valence-corrected chi connectivity index (χ0v) is 11.6. The SMILES string of the molecule is Cc1ccc(C(CCN)c2ccc3c(c2)OCO3)cc1. The van der Waals surface area contributed by atoms with Crippen molar-refractivity contribution in [3.05, 3.63) is 59.2 Å². The van der Waals surface area contributed by atoms with Crippen molar-refractivity contribution in [1.29, 1.82) is 0 Å². The fourth-order valence-corrected chi connectivity index (χ4v) is 2.62. The Labute approximate surface area is 119 Å². The van der Waals surface area contributed by atoms with Crippen LogP contribution in [-0.4, -0.2) is 13.3 Å². The van der Waals surface area contributed by atoms with Crippen molar-refractivity contribution in [3.8, 4) is 11.5 Å². The van der Waals surface area contributed by atoms with E-state index in [9.17, 15) is 0 Å². The molecule has 1 heterocycles. The number of aryl methyl sites for hydroxylation is 1. The van der Waals surface area contributed by atoms with Crippen LogP contribution in [0.1, 0.15) is 29.0 Å². The maximum absolute atomic E-state index is 5.79. The minimum Gasteiger partial charge on any atom is -0.454 e. The van der Waals surface area contributed by atoms with Gasteiger partial charge in [-0.2, -0.15) is 0 Å². The molecule has 0 bridgehead atoms. The van der Waals surface area contributed by atoms with Gasteiger partial charge < -0.3 is 15.2 Å². The Bertz CT molecular complexity index is 592. The second-order valence-electron chi connectivity index (χ2n) is 5.15. The molecule has 104 valence electrons. The Morgan fingerprint density at radius 1 is 1.00 bits per heavy atom. The van der Waals surface area contributed by atoms with E-state index in [1.54, 1.807) is 0 Å². The van der Waals surface area contributed by atoms with Crippen LogP contribution in [0.15, 0.2) is 42.5 Å². The Morgan fingerprint density at radius 3 is 2.45 bits per heavy atom. The van der Waals surface area contributed by atoms with E-state index in [1.165, 1.54) is 16.7 Å². The van der Waals surface area contributed by atoms with E-state index in [0.29, 0.717) is 19.3 Å². The van der Waals surface area contributed by atoms with E-state index in [1.807, 2.05) is 6.07 Å². The average Bonchev–Trinajstić information content (AvgIpc) is 2.93. The molecule has 1 aliphatic heterocycles. The molecule has 2 aromatic carbocycles. The largest absolute Gasteiger partial charge is 0.454 e. The van der Waals surface area contributed by atoms with Crippen LogP contribution in [0.2, 0.25) is 0 Å². The smallest absolute Gasteiger partial charge is 0.231 e. The van der Waals surface area contributed by atoms with E-state index in [4.69, 9.17) is 15.2 Å². The average molecular weight is 269 g/mol. The van der Waals surface area contributed by atoms with Crippen molar-refractivity contribution in [3.63, 3.8) is 0 Å². The minimum absolute atomic E-state index is 0.301. The number of nitrogens with two attached hydrogens (primary N) is 1. The first kappa shape index (κ1) is 13.0. The van der Waals surface area contributed by atoms with Crippen LogP contribution in [0.3, 0.4) is 0 Å². The van der Waals surface area contributed by atoms with Gasteiger partial charge in [-0.1, -0.05) is 35.9 Å². The maximum atomic E-state index is 5.79. The van der Waals surface area contributed by atoms with Crippen LogP contribution in [0.5, 0.6) is 11.5 Å². The number of benzene rings is 2. The fourth-order valence-electron chi connectivity index (χ4n) is 2.62. The van der Waals surface area contributed by atoms with Crippen molar-refractivity contribution in [2.75, 3.05) is 13.3 Å². The molecular weight excluding hydrogens is 250 g/mol. The molecule has 3 heteroatoms. The van der Waals surface area contributed by atoms with Crippen LogP contribution in [0.25, 0.3) is 0 Å². The molecule has 0 fully saturated rings.